The van der Waals surface area contributed by atoms with Gasteiger partial charge in [-0.2, -0.15) is 5.10 Å². The predicted octanol–water partition coefficient (Wildman–Crippen LogP) is 2.01. The first-order valence-electron chi connectivity index (χ1n) is 6.93. The molecule has 4 nitrogen and oxygen atoms in total. The van der Waals surface area contributed by atoms with Crippen molar-refractivity contribution in [2.45, 2.75) is 58.5 Å². The number of nitrogens with zero attached hydrogens (tertiary/aromatic N) is 3. The molecule has 0 saturated heterocycles. The van der Waals surface area contributed by atoms with Crippen LogP contribution in [-0.2, 0) is 13.0 Å². The number of nitrogens with one attached hydrogen (secondary N) is 1. The molecule has 0 aromatic carbocycles. The van der Waals surface area contributed by atoms with E-state index in [0.29, 0.717) is 0 Å². The number of hydrogen-bond donors (Lipinski definition) is 1. The van der Waals surface area contributed by atoms with Gasteiger partial charge < -0.3 is 5.32 Å². The first kappa shape index (κ1) is 12.6. The van der Waals surface area contributed by atoms with Gasteiger partial charge in [-0.25, -0.2) is 4.98 Å². The van der Waals surface area contributed by atoms with E-state index < -0.39 is 0 Å². The van der Waals surface area contributed by atoms with Crippen molar-refractivity contribution in [2.75, 3.05) is 6.54 Å². The second-order valence-electron chi connectivity index (χ2n) is 5.03. The fourth-order valence-electron chi connectivity index (χ4n) is 2.76. The molecule has 1 aliphatic carbocycles. The van der Waals surface area contributed by atoms with Crippen molar-refractivity contribution in [3.8, 4) is 0 Å². The molecule has 17 heavy (non-hydrogen) atoms. The van der Waals surface area contributed by atoms with E-state index in [2.05, 4.69) is 29.2 Å². The van der Waals surface area contributed by atoms with E-state index in [1.807, 2.05) is 4.68 Å². The van der Waals surface area contributed by atoms with Gasteiger partial charge in [0.15, 0.2) is 0 Å². The van der Waals surface area contributed by atoms with E-state index in [0.717, 1.165) is 37.3 Å². The molecule has 1 aromatic heterocycles. The zero-order valence-electron chi connectivity index (χ0n) is 11.0. The van der Waals surface area contributed by atoms with Crippen LogP contribution in [0, 0.1) is 5.92 Å². The van der Waals surface area contributed by atoms with Gasteiger partial charge in [0.05, 0.1) is 0 Å². The van der Waals surface area contributed by atoms with Crippen LogP contribution in [0.5, 0.6) is 0 Å². The highest BCUT2D eigenvalue weighted by molar-refractivity contribution is 4.91. The van der Waals surface area contributed by atoms with Crippen molar-refractivity contribution in [1.82, 2.24) is 20.1 Å². The molecule has 96 valence electrons. The van der Waals surface area contributed by atoms with Gasteiger partial charge in [0.25, 0.3) is 0 Å². The highest BCUT2D eigenvalue weighted by Gasteiger charge is 2.25. The van der Waals surface area contributed by atoms with Gasteiger partial charge >= 0.3 is 0 Å². The summed E-state index contributed by atoms with van der Waals surface area (Å²) < 4.78 is 2.02. The molecule has 4 heteroatoms. The Kier molecular flexibility index (Phi) is 4.54. The maximum absolute atomic E-state index is 4.37. The van der Waals surface area contributed by atoms with Gasteiger partial charge in [-0.05, 0) is 45.1 Å². The Hall–Kier alpha value is -0.900. The summed E-state index contributed by atoms with van der Waals surface area (Å²) in [5.41, 5.74) is 0. The summed E-state index contributed by atoms with van der Waals surface area (Å²) in [5, 5.41) is 7.86. The minimum absolute atomic E-state index is 0.734. The lowest BCUT2D eigenvalue weighted by Gasteiger charge is -2.12. The lowest BCUT2D eigenvalue weighted by atomic mass is 10.0. The maximum Gasteiger partial charge on any atom is 0.138 e. The molecular formula is C13H24N4. The van der Waals surface area contributed by atoms with Gasteiger partial charge in [-0.15, -0.1) is 0 Å². The summed E-state index contributed by atoms with van der Waals surface area (Å²) in [5.74, 6) is 1.95. The molecule has 0 amide bonds. The van der Waals surface area contributed by atoms with Crippen LogP contribution in [0.1, 0.15) is 45.4 Å². The van der Waals surface area contributed by atoms with Crippen LogP contribution in [0.25, 0.3) is 0 Å². The van der Waals surface area contributed by atoms with Crippen molar-refractivity contribution in [1.29, 1.82) is 0 Å². The van der Waals surface area contributed by atoms with E-state index in [-0.39, 0.29) is 0 Å². The number of aryl methyl sites for hydroxylation is 1. The summed E-state index contributed by atoms with van der Waals surface area (Å²) in [6.07, 6.45) is 7.96. The molecule has 1 aromatic rings. The van der Waals surface area contributed by atoms with Crippen LogP contribution in [-0.4, -0.2) is 27.4 Å². The first-order valence-corrected chi connectivity index (χ1v) is 6.93. The molecule has 2 unspecified atom stereocenters. The normalized spacial score (nSPS) is 24.4. The molecule has 0 bridgehead atoms. The molecule has 1 heterocycles. The molecule has 2 rings (SSSR count). The van der Waals surface area contributed by atoms with Crippen LogP contribution in [0.3, 0.4) is 0 Å². The van der Waals surface area contributed by atoms with Crippen molar-refractivity contribution in [3.63, 3.8) is 0 Å². The van der Waals surface area contributed by atoms with Crippen LogP contribution in [0.4, 0.5) is 0 Å². The standard InChI is InChI=1S/C13H24N4/c1-3-7-14-12-6-5-11(8-12)9-13-15-10-16-17(13)4-2/h10-12,14H,3-9H2,1-2H3. The van der Waals surface area contributed by atoms with Crippen molar-refractivity contribution in [2.24, 2.45) is 5.92 Å². The zero-order chi connectivity index (χ0) is 12.1. The molecule has 0 radical (unpaired) electrons. The monoisotopic (exact) mass is 236 g/mol. The fraction of sp³-hybridized carbons (Fsp3) is 0.846. The maximum atomic E-state index is 4.37. The van der Waals surface area contributed by atoms with Crippen molar-refractivity contribution < 1.29 is 0 Å². The van der Waals surface area contributed by atoms with E-state index in [1.54, 1.807) is 6.33 Å². The van der Waals surface area contributed by atoms with E-state index >= 15 is 0 Å². The summed E-state index contributed by atoms with van der Waals surface area (Å²) in [4.78, 5) is 4.37. The lowest BCUT2D eigenvalue weighted by Crippen LogP contribution is -2.27. The molecule has 1 fully saturated rings. The quantitative estimate of drug-likeness (QED) is 0.821. The second-order valence-corrected chi connectivity index (χ2v) is 5.03. The largest absolute Gasteiger partial charge is 0.314 e. The molecular weight excluding hydrogens is 212 g/mol. The van der Waals surface area contributed by atoms with Crippen LogP contribution >= 0.6 is 0 Å². The van der Waals surface area contributed by atoms with Crippen LogP contribution < -0.4 is 5.32 Å². The van der Waals surface area contributed by atoms with Crippen LogP contribution in [0.2, 0.25) is 0 Å². The minimum atomic E-state index is 0.734. The lowest BCUT2D eigenvalue weighted by molar-refractivity contribution is 0.466. The summed E-state index contributed by atoms with van der Waals surface area (Å²) >= 11 is 0. The van der Waals surface area contributed by atoms with E-state index in [9.17, 15) is 0 Å². The average Bonchev–Trinajstić information content (AvgIpc) is 2.96. The Balaban J connectivity index is 1.81. The van der Waals surface area contributed by atoms with Gasteiger partial charge in [0, 0.05) is 19.0 Å². The van der Waals surface area contributed by atoms with Gasteiger partial charge in [-0.3, -0.25) is 4.68 Å². The topological polar surface area (TPSA) is 42.7 Å². The fourth-order valence-corrected chi connectivity index (χ4v) is 2.76. The summed E-state index contributed by atoms with van der Waals surface area (Å²) in [7, 11) is 0. The number of aromatic nitrogens is 3. The van der Waals surface area contributed by atoms with E-state index in [4.69, 9.17) is 0 Å². The highest BCUT2D eigenvalue weighted by Crippen LogP contribution is 2.28. The molecule has 1 aliphatic rings. The summed E-state index contributed by atoms with van der Waals surface area (Å²) in [6, 6.07) is 0.734. The Morgan fingerprint density at radius 3 is 3.06 bits per heavy atom. The van der Waals surface area contributed by atoms with E-state index in [1.165, 1.54) is 25.7 Å². The third-order valence-electron chi connectivity index (χ3n) is 3.69. The van der Waals surface area contributed by atoms with Crippen LogP contribution in [0.15, 0.2) is 6.33 Å². The van der Waals surface area contributed by atoms with Gasteiger partial charge in [-0.1, -0.05) is 6.92 Å². The Labute approximate surface area is 104 Å². The number of rotatable bonds is 6. The smallest absolute Gasteiger partial charge is 0.138 e. The van der Waals surface area contributed by atoms with Crippen molar-refractivity contribution in [3.05, 3.63) is 12.2 Å². The third kappa shape index (κ3) is 3.28. The zero-order valence-corrected chi connectivity index (χ0v) is 11.0. The molecule has 0 spiro atoms. The molecule has 1 saturated carbocycles. The number of hydrogen-bond acceptors (Lipinski definition) is 3. The molecule has 1 N–H and O–H groups in total. The second kappa shape index (κ2) is 6.15. The van der Waals surface area contributed by atoms with Gasteiger partial charge in [0.1, 0.15) is 12.2 Å². The third-order valence-corrected chi connectivity index (χ3v) is 3.69. The Morgan fingerprint density at radius 1 is 1.41 bits per heavy atom. The van der Waals surface area contributed by atoms with Gasteiger partial charge in [0.2, 0.25) is 0 Å². The SMILES string of the molecule is CCCNC1CCC(Cc2ncnn2CC)C1. The Bertz CT molecular complexity index is 334. The first-order chi connectivity index (χ1) is 8.33. The highest BCUT2D eigenvalue weighted by atomic mass is 15.3. The minimum Gasteiger partial charge on any atom is -0.314 e. The Morgan fingerprint density at radius 2 is 2.29 bits per heavy atom. The molecule has 0 aliphatic heterocycles. The predicted molar refractivity (Wildman–Crippen MR) is 68.8 cm³/mol. The summed E-state index contributed by atoms with van der Waals surface area (Å²) in [6.45, 7) is 6.43. The van der Waals surface area contributed by atoms with Crippen molar-refractivity contribution >= 4 is 0 Å². The molecule has 2 atom stereocenters. The average molecular weight is 236 g/mol.